The molecule has 21 heavy (non-hydrogen) atoms. The summed E-state index contributed by atoms with van der Waals surface area (Å²) in [6.45, 7) is 4.17. The molecule has 4 heteroatoms. The minimum Gasteiger partial charge on any atom is -0.302 e. The first-order chi connectivity index (χ1) is 10.1. The molecule has 1 unspecified atom stereocenters. The number of aryl methyl sites for hydroxylation is 2. The predicted molar refractivity (Wildman–Crippen MR) is 85.3 cm³/mol. The van der Waals surface area contributed by atoms with Crippen LogP contribution in [0.1, 0.15) is 53.9 Å². The van der Waals surface area contributed by atoms with E-state index in [4.69, 9.17) is 4.98 Å². The molecule has 0 bridgehead atoms. The number of fused-ring (bicyclic) bond motifs is 1. The summed E-state index contributed by atoms with van der Waals surface area (Å²) in [5.41, 5.74) is 1.92. The fourth-order valence-electron chi connectivity index (χ4n) is 2.83. The van der Waals surface area contributed by atoms with E-state index >= 15 is 0 Å². The smallest absolute Gasteiger partial charge is 0.128 e. The molecule has 1 aliphatic carbocycles. The van der Waals surface area contributed by atoms with Crippen LogP contribution in [-0.2, 0) is 12.8 Å². The molecule has 1 aliphatic rings. The highest BCUT2D eigenvalue weighted by atomic mass is 32.1. The second-order valence-corrected chi connectivity index (χ2v) is 7.02. The van der Waals surface area contributed by atoms with Gasteiger partial charge in [-0.1, -0.05) is 18.2 Å². The first-order valence-electron chi connectivity index (χ1n) is 7.64. The molecular weight excluding hydrogens is 283 g/mol. The van der Waals surface area contributed by atoms with E-state index in [0.29, 0.717) is 5.56 Å². The normalized spacial score (nSPS) is 16.0. The van der Waals surface area contributed by atoms with E-state index in [1.54, 1.807) is 17.4 Å². The third-order valence-corrected chi connectivity index (χ3v) is 5.05. The van der Waals surface area contributed by atoms with Crippen molar-refractivity contribution in [1.29, 1.82) is 0 Å². The van der Waals surface area contributed by atoms with E-state index in [2.05, 4.69) is 19.2 Å². The largest absolute Gasteiger partial charge is 0.302 e. The van der Waals surface area contributed by atoms with E-state index in [-0.39, 0.29) is 17.9 Å². The maximum atomic E-state index is 14.2. The van der Waals surface area contributed by atoms with Crippen LogP contribution in [0.4, 0.5) is 4.39 Å². The predicted octanol–water partition coefficient (Wildman–Crippen LogP) is 4.25. The van der Waals surface area contributed by atoms with E-state index in [1.165, 1.54) is 29.5 Å². The van der Waals surface area contributed by atoms with Gasteiger partial charge in [0.05, 0.1) is 11.7 Å². The van der Waals surface area contributed by atoms with Gasteiger partial charge in [0.15, 0.2) is 0 Å². The Bertz CT molecular complexity index is 598. The molecule has 0 saturated carbocycles. The van der Waals surface area contributed by atoms with Crippen LogP contribution in [0.25, 0.3) is 0 Å². The van der Waals surface area contributed by atoms with E-state index in [9.17, 15) is 4.39 Å². The SMILES string of the molecule is CC(C)NC(c1nc2c(s1)CCCC2)c1ccccc1F. The fourth-order valence-corrected chi connectivity index (χ4v) is 4.07. The van der Waals surface area contributed by atoms with Crippen LogP contribution in [0.2, 0.25) is 0 Å². The number of benzene rings is 1. The summed E-state index contributed by atoms with van der Waals surface area (Å²) < 4.78 is 14.2. The van der Waals surface area contributed by atoms with Crippen LogP contribution < -0.4 is 5.32 Å². The number of hydrogen-bond donors (Lipinski definition) is 1. The molecule has 0 amide bonds. The third-order valence-electron chi connectivity index (χ3n) is 3.83. The van der Waals surface area contributed by atoms with Crippen molar-refractivity contribution in [3.05, 3.63) is 51.2 Å². The lowest BCUT2D eigenvalue weighted by molar-refractivity contribution is 0.501. The lowest BCUT2D eigenvalue weighted by Crippen LogP contribution is -2.29. The van der Waals surface area contributed by atoms with Gasteiger partial charge >= 0.3 is 0 Å². The van der Waals surface area contributed by atoms with Gasteiger partial charge in [0, 0.05) is 16.5 Å². The second kappa shape index (κ2) is 6.24. The Balaban J connectivity index is 1.99. The number of hydrogen-bond acceptors (Lipinski definition) is 3. The zero-order valence-electron chi connectivity index (χ0n) is 12.5. The summed E-state index contributed by atoms with van der Waals surface area (Å²) in [5.74, 6) is -0.163. The number of aromatic nitrogens is 1. The zero-order valence-corrected chi connectivity index (χ0v) is 13.3. The monoisotopic (exact) mass is 304 g/mol. The van der Waals surface area contributed by atoms with Crippen LogP contribution in [0.3, 0.4) is 0 Å². The molecule has 3 rings (SSSR count). The first-order valence-corrected chi connectivity index (χ1v) is 8.45. The molecule has 112 valence electrons. The van der Waals surface area contributed by atoms with Crippen molar-refractivity contribution >= 4 is 11.3 Å². The van der Waals surface area contributed by atoms with Crippen LogP contribution in [0.5, 0.6) is 0 Å². The highest BCUT2D eigenvalue weighted by Gasteiger charge is 2.24. The Morgan fingerprint density at radius 2 is 1.95 bits per heavy atom. The average Bonchev–Trinajstić information content (AvgIpc) is 2.89. The van der Waals surface area contributed by atoms with Crippen molar-refractivity contribution in [3.8, 4) is 0 Å². The Hall–Kier alpha value is -1.26. The topological polar surface area (TPSA) is 24.9 Å². The van der Waals surface area contributed by atoms with Crippen molar-refractivity contribution < 1.29 is 4.39 Å². The fraction of sp³-hybridized carbons (Fsp3) is 0.471. The van der Waals surface area contributed by atoms with Crippen molar-refractivity contribution in [3.63, 3.8) is 0 Å². The van der Waals surface area contributed by atoms with Crippen LogP contribution in [-0.4, -0.2) is 11.0 Å². The van der Waals surface area contributed by atoms with Gasteiger partial charge in [-0.25, -0.2) is 9.37 Å². The van der Waals surface area contributed by atoms with Gasteiger partial charge in [-0.15, -0.1) is 11.3 Å². The van der Waals surface area contributed by atoms with Crippen molar-refractivity contribution in [2.45, 2.75) is 51.6 Å². The minimum atomic E-state index is -0.163. The molecule has 0 radical (unpaired) electrons. The minimum absolute atomic E-state index is 0.151. The number of nitrogens with one attached hydrogen (secondary N) is 1. The van der Waals surface area contributed by atoms with Gasteiger partial charge in [-0.2, -0.15) is 0 Å². The number of nitrogens with zero attached hydrogens (tertiary/aromatic N) is 1. The average molecular weight is 304 g/mol. The Morgan fingerprint density at radius 1 is 1.19 bits per heavy atom. The summed E-state index contributed by atoms with van der Waals surface area (Å²) in [5, 5.41) is 4.47. The van der Waals surface area contributed by atoms with Crippen molar-refractivity contribution in [2.75, 3.05) is 0 Å². The molecule has 1 atom stereocenters. The maximum absolute atomic E-state index is 14.2. The summed E-state index contributed by atoms with van der Waals surface area (Å²) in [6.07, 6.45) is 4.66. The van der Waals surface area contributed by atoms with Gasteiger partial charge < -0.3 is 5.32 Å². The molecule has 0 saturated heterocycles. The number of thiazole rings is 1. The lowest BCUT2D eigenvalue weighted by Gasteiger charge is -2.20. The molecule has 1 heterocycles. The van der Waals surface area contributed by atoms with E-state index in [1.807, 2.05) is 12.1 Å². The Kier molecular flexibility index (Phi) is 4.36. The molecule has 2 nitrogen and oxygen atoms in total. The molecule has 2 aromatic rings. The van der Waals surface area contributed by atoms with Crippen molar-refractivity contribution in [2.24, 2.45) is 0 Å². The zero-order chi connectivity index (χ0) is 14.8. The third kappa shape index (κ3) is 3.16. The Morgan fingerprint density at radius 3 is 2.67 bits per heavy atom. The lowest BCUT2D eigenvalue weighted by atomic mass is 10.0. The van der Waals surface area contributed by atoms with Gasteiger partial charge in [-0.3, -0.25) is 0 Å². The van der Waals surface area contributed by atoms with Gasteiger partial charge in [0.1, 0.15) is 10.8 Å². The molecule has 1 aromatic carbocycles. The highest BCUT2D eigenvalue weighted by Crippen LogP contribution is 2.33. The first kappa shape index (κ1) is 14.7. The second-order valence-electron chi connectivity index (χ2n) is 5.90. The Labute approximate surface area is 129 Å². The molecular formula is C17H21FN2S. The van der Waals surface area contributed by atoms with E-state index in [0.717, 1.165) is 17.8 Å². The number of rotatable bonds is 4. The highest BCUT2D eigenvalue weighted by molar-refractivity contribution is 7.11. The molecule has 0 aliphatic heterocycles. The summed E-state index contributed by atoms with van der Waals surface area (Å²) in [7, 11) is 0. The van der Waals surface area contributed by atoms with Crippen LogP contribution >= 0.6 is 11.3 Å². The molecule has 0 spiro atoms. The summed E-state index contributed by atoms with van der Waals surface area (Å²) >= 11 is 1.75. The summed E-state index contributed by atoms with van der Waals surface area (Å²) in [6, 6.07) is 7.13. The number of halogens is 1. The standard InChI is InChI=1S/C17H21FN2S/c1-11(2)19-16(12-7-3-4-8-13(12)18)17-20-14-9-5-6-10-15(14)21-17/h3-4,7-8,11,16,19H,5-6,9-10H2,1-2H3. The maximum Gasteiger partial charge on any atom is 0.128 e. The van der Waals surface area contributed by atoms with Gasteiger partial charge in [-0.05, 0) is 45.6 Å². The molecule has 1 aromatic heterocycles. The van der Waals surface area contributed by atoms with Gasteiger partial charge in [0.2, 0.25) is 0 Å². The van der Waals surface area contributed by atoms with E-state index < -0.39 is 0 Å². The van der Waals surface area contributed by atoms with Crippen LogP contribution in [0.15, 0.2) is 24.3 Å². The molecule has 1 N–H and O–H groups in total. The molecule has 0 fully saturated rings. The van der Waals surface area contributed by atoms with Crippen LogP contribution in [0, 0.1) is 5.82 Å². The summed E-state index contributed by atoms with van der Waals surface area (Å²) in [4.78, 5) is 6.20. The van der Waals surface area contributed by atoms with Crippen molar-refractivity contribution in [1.82, 2.24) is 10.3 Å². The quantitative estimate of drug-likeness (QED) is 0.913. The van der Waals surface area contributed by atoms with Gasteiger partial charge in [0.25, 0.3) is 0 Å².